The summed E-state index contributed by atoms with van der Waals surface area (Å²) in [7, 11) is 2.10. The molecule has 2 aliphatic rings. The standard InChI is InChI=1S/C23H35NO4/c1-5-22(3)20-17(10-11-18(26)21(20)28-6-2)14-19(23(22,27)12-7-13-25)24(4)15-16-8-9-16/h10-11,13,16,19,26-27H,5-9,12,14-15H2,1-4H3/t19-,22+,23-/m1/s1. The van der Waals surface area contributed by atoms with Crippen LogP contribution in [0.5, 0.6) is 11.5 Å². The average Bonchev–Trinajstić information content (AvgIpc) is 3.49. The Morgan fingerprint density at radius 3 is 2.61 bits per heavy atom. The maximum Gasteiger partial charge on any atom is 0.165 e. The predicted octanol–water partition coefficient (Wildman–Crippen LogP) is 3.44. The van der Waals surface area contributed by atoms with E-state index in [1.807, 2.05) is 13.0 Å². The minimum Gasteiger partial charge on any atom is -0.504 e. The van der Waals surface area contributed by atoms with Gasteiger partial charge in [0.25, 0.3) is 0 Å². The number of carbonyl (C=O) groups excluding carboxylic acids is 1. The first-order valence-corrected chi connectivity index (χ1v) is 10.7. The number of phenolic OH excluding ortho intramolecular Hbond substituents is 1. The molecule has 3 atom stereocenters. The second kappa shape index (κ2) is 8.03. The lowest BCUT2D eigenvalue weighted by Crippen LogP contribution is -2.65. The Labute approximate surface area is 168 Å². The number of aldehydes is 1. The summed E-state index contributed by atoms with van der Waals surface area (Å²) in [6.45, 7) is 7.45. The molecular formula is C23H35NO4. The second-order valence-electron chi connectivity index (χ2n) is 8.80. The minimum atomic E-state index is -1.08. The summed E-state index contributed by atoms with van der Waals surface area (Å²) < 4.78 is 5.86. The van der Waals surface area contributed by atoms with Crippen LogP contribution in [-0.4, -0.2) is 53.2 Å². The summed E-state index contributed by atoms with van der Waals surface area (Å²) >= 11 is 0. The molecule has 0 spiro atoms. The van der Waals surface area contributed by atoms with Crippen LogP contribution in [0.3, 0.4) is 0 Å². The predicted molar refractivity (Wildman–Crippen MR) is 110 cm³/mol. The van der Waals surface area contributed by atoms with E-state index >= 15 is 0 Å². The van der Waals surface area contributed by atoms with Gasteiger partial charge in [0.2, 0.25) is 0 Å². The first-order valence-electron chi connectivity index (χ1n) is 10.7. The van der Waals surface area contributed by atoms with Gasteiger partial charge in [0.1, 0.15) is 6.29 Å². The van der Waals surface area contributed by atoms with Gasteiger partial charge in [-0.05, 0) is 63.6 Å². The normalized spacial score (nSPS) is 29.6. The number of benzene rings is 1. The fraction of sp³-hybridized carbons (Fsp3) is 0.696. The zero-order valence-corrected chi connectivity index (χ0v) is 17.7. The molecule has 0 bridgehead atoms. The van der Waals surface area contributed by atoms with Crippen LogP contribution in [0, 0.1) is 5.92 Å². The van der Waals surface area contributed by atoms with E-state index in [0.29, 0.717) is 44.0 Å². The summed E-state index contributed by atoms with van der Waals surface area (Å²) in [5.74, 6) is 1.31. The number of carbonyl (C=O) groups is 1. The van der Waals surface area contributed by atoms with Gasteiger partial charge in [-0.2, -0.15) is 0 Å². The van der Waals surface area contributed by atoms with E-state index in [4.69, 9.17) is 4.74 Å². The first-order chi connectivity index (χ1) is 13.3. The van der Waals surface area contributed by atoms with Crippen molar-refractivity contribution in [2.45, 2.75) is 76.4 Å². The van der Waals surface area contributed by atoms with Gasteiger partial charge in [-0.25, -0.2) is 0 Å². The number of phenols is 1. The summed E-state index contributed by atoms with van der Waals surface area (Å²) in [4.78, 5) is 13.5. The molecule has 0 heterocycles. The lowest BCUT2D eigenvalue weighted by Gasteiger charge is -2.56. The Hall–Kier alpha value is -1.59. The molecule has 1 aromatic rings. The van der Waals surface area contributed by atoms with Gasteiger partial charge in [0, 0.05) is 30.0 Å². The number of hydrogen-bond donors (Lipinski definition) is 2. The highest BCUT2D eigenvalue weighted by Gasteiger charge is 2.57. The molecular weight excluding hydrogens is 354 g/mol. The maximum absolute atomic E-state index is 12.2. The summed E-state index contributed by atoms with van der Waals surface area (Å²) in [5, 5.41) is 22.7. The number of hydrogen-bond acceptors (Lipinski definition) is 5. The molecule has 0 radical (unpaired) electrons. The van der Waals surface area contributed by atoms with Crippen molar-refractivity contribution < 1.29 is 19.7 Å². The van der Waals surface area contributed by atoms with Crippen LogP contribution in [0.15, 0.2) is 12.1 Å². The van der Waals surface area contributed by atoms with Crippen molar-refractivity contribution in [2.75, 3.05) is 20.2 Å². The maximum atomic E-state index is 12.2. The number of rotatable bonds is 9. The molecule has 5 nitrogen and oxygen atoms in total. The fourth-order valence-electron chi connectivity index (χ4n) is 5.20. The molecule has 1 fully saturated rings. The highest BCUT2D eigenvalue weighted by Crippen LogP contribution is 2.55. The van der Waals surface area contributed by atoms with E-state index in [0.717, 1.165) is 24.0 Å². The minimum absolute atomic E-state index is 0.0791. The molecule has 1 saturated carbocycles. The van der Waals surface area contributed by atoms with Gasteiger partial charge in [0.05, 0.1) is 12.2 Å². The Kier molecular flexibility index (Phi) is 6.06. The quantitative estimate of drug-likeness (QED) is 0.633. The number of likely N-dealkylation sites (N-methyl/N-ethyl adjacent to an activating group) is 1. The highest BCUT2D eigenvalue weighted by atomic mass is 16.5. The number of aromatic hydroxyl groups is 1. The van der Waals surface area contributed by atoms with E-state index in [-0.39, 0.29) is 11.8 Å². The van der Waals surface area contributed by atoms with Gasteiger partial charge >= 0.3 is 0 Å². The van der Waals surface area contributed by atoms with Crippen LogP contribution < -0.4 is 4.74 Å². The van der Waals surface area contributed by atoms with Gasteiger partial charge in [-0.15, -0.1) is 0 Å². The van der Waals surface area contributed by atoms with Crippen LogP contribution in [0.2, 0.25) is 0 Å². The van der Waals surface area contributed by atoms with Gasteiger partial charge in [0.15, 0.2) is 11.5 Å². The molecule has 0 aromatic heterocycles. The van der Waals surface area contributed by atoms with Crippen molar-refractivity contribution in [1.29, 1.82) is 0 Å². The number of aliphatic hydroxyl groups is 1. The number of nitrogens with zero attached hydrogens (tertiary/aromatic N) is 1. The lowest BCUT2D eigenvalue weighted by molar-refractivity contribution is -0.122. The zero-order chi connectivity index (χ0) is 20.5. The molecule has 0 amide bonds. The monoisotopic (exact) mass is 389 g/mol. The van der Waals surface area contributed by atoms with Crippen molar-refractivity contribution in [3.63, 3.8) is 0 Å². The lowest BCUT2D eigenvalue weighted by atomic mass is 9.56. The van der Waals surface area contributed by atoms with Crippen molar-refractivity contribution in [3.05, 3.63) is 23.3 Å². The summed E-state index contributed by atoms with van der Waals surface area (Å²) in [6.07, 6.45) is 5.50. The second-order valence-corrected chi connectivity index (χ2v) is 8.80. The van der Waals surface area contributed by atoms with Crippen molar-refractivity contribution in [3.8, 4) is 11.5 Å². The Morgan fingerprint density at radius 2 is 2.04 bits per heavy atom. The molecule has 2 aliphatic carbocycles. The highest BCUT2D eigenvalue weighted by molar-refractivity contribution is 5.58. The molecule has 2 N–H and O–H groups in total. The molecule has 0 aliphatic heterocycles. The zero-order valence-electron chi connectivity index (χ0n) is 17.7. The molecule has 156 valence electrons. The van der Waals surface area contributed by atoms with Crippen molar-refractivity contribution >= 4 is 6.29 Å². The third-order valence-electron chi connectivity index (χ3n) is 7.11. The van der Waals surface area contributed by atoms with E-state index in [1.54, 1.807) is 6.07 Å². The Balaban J connectivity index is 2.15. The molecule has 0 unspecified atom stereocenters. The summed E-state index contributed by atoms with van der Waals surface area (Å²) in [5.41, 5.74) is 0.309. The van der Waals surface area contributed by atoms with E-state index in [9.17, 15) is 15.0 Å². The van der Waals surface area contributed by atoms with E-state index in [2.05, 4.69) is 25.8 Å². The van der Waals surface area contributed by atoms with Gasteiger partial charge in [-0.3, -0.25) is 4.90 Å². The molecule has 1 aromatic carbocycles. The molecule has 0 saturated heterocycles. The molecule has 3 rings (SSSR count). The van der Waals surface area contributed by atoms with E-state index < -0.39 is 11.0 Å². The molecule has 5 heteroatoms. The van der Waals surface area contributed by atoms with Gasteiger partial charge in [-0.1, -0.05) is 19.9 Å². The SMILES string of the molecule is CCOc1c(O)ccc2c1[C@](C)(CC)[C@@](O)(CCC=O)[C@H](N(C)CC1CC1)C2. The van der Waals surface area contributed by atoms with Crippen LogP contribution >= 0.6 is 0 Å². The van der Waals surface area contributed by atoms with Crippen LogP contribution in [0.1, 0.15) is 64.0 Å². The van der Waals surface area contributed by atoms with Gasteiger partial charge < -0.3 is 19.7 Å². The largest absolute Gasteiger partial charge is 0.504 e. The number of fused-ring (bicyclic) bond motifs is 1. The third kappa shape index (κ3) is 3.43. The third-order valence-corrected chi connectivity index (χ3v) is 7.11. The molecule has 28 heavy (non-hydrogen) atoms. The van der Waals surface area contributed by atoms with Crippen LogP contribution in [-0.2, 0) is 16.6 Å². The van der Waals surface area contributed by atoms with Crippen LogP contribution in [0.4, 0.5) is 0 Å². The summed E-state index contributed by atoms with van der Waals surface area (Å²) in [6, 6.07) is 3.59. The van der Waals surface area contributed by atoms with Crippen molar-refractivity contribution in [2.24, 2.45) is 5.92 Å². The van der Waals surface area contributed by atoms with E-state index in [1.165, 1.54) is 12.8 Å². The smallest absolute Gasteiger partial charge is 0.165 e. The topological polar surface area (TPSA) is 70.0 Å². The fourth-order valence-corrected chi connectivity index (χ4v) is 5.20. The van der Waals surface area contributed by atoms with Crippen molar-refractivity contribution in [1.82, 2.24) is 4.90 Å². The first kappa shape index (κ1) is 21.1. The Morgan fingerprint density at radius 1 is 1.32 bits per heavy atom. The Bertz CT molecular complexity index is 717. The average molecular weight is 390 g/mol. The number of ether oxygens (including phenoxy) is 1. The van der Waals surface area contributed by atoms with Crippen LogP contribution in [0.25, 0.3) is 0 Å².